The Kier molecular flexibility index (Phi) is 8.48. The molecule has 144 valence electrons. The highest BCUT2D eigenvalue weighted by Crippen LogP contribution is 2.30. The van der Waals surface area contributed by atoms with E-state index in [2.05, 4.69) is 16.9 Å². The molecule has 0 saturated carbocycles. The van der Waals surface area contributed by atoms with Crippen LogP contribution < -0.4 is 14.8 Å². The van der Waals surface area contributed by atoms with E-state index < -0.39 is 0 Å². The van der Waals surface area contributed by atoms with E-state index in [4.69, 9.17) is 9.47 Å². The highest BCUT2D eigenvalue weighted by Gasteiger charge is 2.13. The van der Waals surface area contributed by atoms with Crippen LogP contribution in [-0.4, -0.2) is 70.1 Å². The van der Waals surface area contributed by atoms with Gasteiger partial charge in [-0.1, -0.05) is 6.08 Å². The average Bonchev–Trinajstić information content (AvgIpc) is 2.62. The van der Waals surface area contributed by atoms with Gasteiger partial charge in [0, 0.05) is 34.2 Å². The molecule has 1 aromatic rings. The lowest BCUT2D eigenvalue weighted by molar-refractivity contribution is -0.127. The fourth-order valence-corrected chi connectivity index (χ4v) is 2.28. The zero-order chi connectivity index (χ0) is 19.7. The van der Waals surface area contributed by atoms with Crippen LogP contribution in [0.4, 0.5) is 0 Å². The van der Waals surface area contributed by atoms with Crippen molar-refractivity contribution in [3.63, 3.8) is 0 Å². The van der Waals surface area contributed by atoms with Gasteiger partial charge in [-0.2, -0.15) is 0 Å². The molecule has 0 aromatic heterocycles. The van der Waals surface area contributed by atoms with Crippen molar-refractivity contribution in [1.82, 2.24) is 15.1 Å². The summed E-state index contributed by atoms with van der Waals surface area (Å²) in [6.07, 6.45) is 1.75. The van der Waals surface area contributed by atoms with Gasteiger partial charge in [-0.15, -0.1) is 6.58 Å². The van der Waals surface area contributed by atoms with E-state index >= 15 is 0 Å². The van der Waals surface area contributed by atoms with Crippen LogP contribution in [0, 0.1) is 6.92 Å². The maximum Gasteiger partial charge on any atom is 0.243 e. The van der Waals surface area contributed by atoms with Gasteiger partial charge in [0.1, 0.15) is 6.54 Å². The summed E-state index contributed by atoms with van der Waals surface area (Å²) in [5.74, 6) is 1.96. The number of rotatable bonds is 8. The smallest absolute Gasteiger partial charge is 0.243 e. The topological polar surface area (TPSA) is 66.4 Å². The van der Waals surface area contributed by atoms with Gasteiger partial charge in [0.15, 0.2) is 17.5 Å². The Morgan fingerprint density at radius 2 is 1.85 bits per heavy atom. The second-order valence-electron chi connectivity index (χ2n) is 6.09. The summed E-state index contributed by atoms with van der Waals surface area (Å²) in [5.41, 5.74) is 2.17. The van der Waals surface area contributed by atoms with Crippen LogP contribution in [0.15, 0.2) is 29.8 Å². The summed E-state index contributed by atoms with van der Waals surface area (Å²) < 4.78 is 10.7. The molecule has 0 radical (unpaired) electrons. The number of aliphatic imine (C=N–C) groups is 1. The van der Waals surface area contributed by atoms with E-state index in [1.165, 1.54) is 4.90 Å². The third kappa shape index (κ3) is 5.98. The van der Waals surface area contributed by atoms with E-state index in [0.29, 0.717) is 30.5 Å². The van der Waals surface area contributed by atoms with Crippen molar-refractivity contribution in [2.75, 3.05) is 48.5 Å². The number of nitrogens with one attached hydrogen (secondary N) is 1. The van der Waals surface area contributed by atoms with Gasteiger partial charge in [0.25, 0.3) is 0 Å². The normalized spacial score (nSPS) is 10.9. The number of amides is 1. The number of guanidine groups is 1. The molecule has 7 nitrogen and oxygen atoms in total. The molecule has 0 bridgehead atoms. The highest BCUT2D eigenvalue weighted by molar-refractivity contribution is 5.84. The number of ether oxygens (including phenoxy) is 2. The number of carbonyl (C=O) groups excluding carboxylic acids is 1. The number of methoxy groups -OCH3 is 2. The van der Waals surface area contributed by atoms with Gasteiger partial charge >= 0.3 is 0 Å². The van der Waals surface area contributed by atoms with E-state index in [0.717, 1.165) is 11.1 Å². The lowest BCUT2D eigenvalue weighted by atomic mass is 10.1. The Bertz CT molecular complexity index is 656. The number of benzene rings is 1. The first-order valence-electron chi connectivity index (χ1n) is 8.36. The first-order valence-corrected chi connectivity index (χ1v) is 8.36. The Hall–Kier alpha value is -2.70. The Morgan fingerprint density at radius 3 is 2.38 bits per heavy atom. The Labute approximate surface area is 156 Å². The van der Waals surface area contributed by atoms with Crippen LogP contribution >= 0.6 is 0 Å². The second kappa shape index (κ2) is 10.3. The van der Waals surface area contributed by atoms with E-state index in [-0.39, 0.29) is 12.5 Å². The maximum atomic E-state index is 11.8. The van der Waals surface area contributed by atoms with Crippen molar-refractivity contribution in [1.29, 1.82) is 0 Å². The molecule has 1 amide bonds. The molecule has 0 fully saturated rings. The molecule has 0 aliphatic heterocycles. The maximum absolute atomic E-state index is 11.8. The number of hydrogen-bond acceptors (Lipinski definition) is 4. The molecule has 7 heteroatoms. The quantitative estimate of drug-likeness (QED) is 0.433. The van der Waals surface area contributed by atoms with Crippen molar-refractivity contribution in [3.8, 4) is 11.5 Å². The van der Waals surface area contributed by atoms with E-state index in [1.807, 2.05) is 31.0 Å². The van der Waals surface area contributed by atoms with Crippen LogP contribution in [0.25, 0.3) is 0 Å². The van der Waals surface area contributed by atoms with Crippen LogP contribution in [0.3, 0.4) is 0 Å². The predicted molar refractivity (Wildman–Crippen MR) is 105 cm³/mol. The lowest BCUT2D eigenvalue weighted by Crippen LogP contribution is -2.39. The van der Waals surface area contributed by atoms with Crippen LogP contribution in [0.1, 0.15) is 11.1 Å². The van der Waals surface area contributed by atoms with Crippen LogP contribution in [-0.2, 0) is 11.3 Å². The van der Waals surface area contributed by atoms with Gasteiger partial charge in [0.2, 0.25) is 5.91 Å². The molecule has 0 atom stereocenters. The van der Waals surface area contributed by atoms with Crippen LogP contribution in [0.5, 0.6) is 11.5 Å². The molecule has 0 aliphatic rings. The molecule has 1 N–H and O–H groups in total. The highest BCUT2D eigenvalue weighted by atomic mass is 16.5. The summed E-state index contributed by atoms with van der Waals surface area (Å²) in [6.45, 7) is 6.98. The molecule has 0 unspecified atom stereocenters. The molecular weight excluding hydrogens is 332 g/mol. The summed E-state index contributed by atoms with van der Waals surface area (Å²) in [5, 5.41) is 3.19. The summed E-state index contributed by atoms with van der Waals surface area (Å²) in [4.78, 5) is 19.7. The largest absolute Gasteiger partial charge is 0.493 e. The minimum Gasteiger partial charge on any atom is -0.493 e. The molecule has 0 spiro atoms. The Morgan fingerprint density at radius 1 is 1.23 bits per heavy atom. The van der Waals surface area contributed by atoms with Gasteiger partial charge in [0.05, 0.1) is 14.2 Å². The molecule has 1 rings (SSSR count). The zero-order valence-electron chi connectivity index (χ0n) is 16.6. The van der Waals surface area contributed by atoms with Gasteiger partial charge < -0.3 is 24.6 Å². The first-order chi connectivity index (χ1) is 12.3. The van der Waals surface area contributed by atoms with Crippen molar-refractivity contribution in [3.05, 3.63) is 35.9 Å². The molecular formula is C19H30N4O3. The SMILES string of the molecule is C=CCNC(=NCC(=O)N(C)C)N(C)Cc1cc(OC)c(OC)cc1C. The molecule has 1 aromatic carbocycles. The number of nitrogens with zero attached hydrogens (tertiary/aromatic N) is 3. The van der Waals surface area contributed by atoms with Crippen molar-refractivity contribution < 1.29 is 14.3 Å². The third-order valence-corrected chi connectivity index (χ3v) is 3.88. The standard InChI is InChI=1S/C19H30N4O3/c1-8-9-20-19(21-12-18(24)22(3)4)23(5)13-15-11-17(26-7)16(25-6)10-14(15)2/h8,10-11H,1,9,12-13H2,2-7H3,(H,20,21). The molecule has 0 aliphatic carbocycles. The second-order valence-corrected chi connectivity index (χ2v) is 6.09. The number of likely N-dealkylation sites (N-methyl/N-ethyl adjacent to an activating group) is 1. The molecule has 0 heterocycles. The third-order valence-electron chi connectivity index (χ3n) is 3.88. The van der Waals surface area contributed by atoms with Crippen molar-refractivity contribution >= 4 is 11.9 Å². The monoisotopic (exact) mass is 362 g/mol. The predicted octanol–water partition coefficient (Wildman–Crippen LogP) is 1.66. The summed E-state index contributed by atoms with van der Waals surface area (Å²) >= 11 is 0. The fourth-order valence-electron chi connectivity index (χ4n) is 2.28. The number of aryl methyl sites for hydroxylation is 1. The summed E-state index contributed by atoms with van der Waals surface area (Å²) in [6, 6.07) is 3.91. The molecule has 0 saturated heterocycles. The van der Waals surface area contributed by atoms with Crippen LogP contribution in [0.2, 0.25) is 0 Å². The Balaban J connectivity index is 3.01. The van der Waals surface area contributed by atoms with Crippen molar-refractivity contribution in [2.24, 2.45) is 4.99 Å². The van der Waals surface area contributed by atoms with E-state index in [1.54, 1.807) is 34.4 Å². The molecule has 26 heavy (non-hydrogen) atoms. The first kappa shape index (κ1) is 21.3. The fraction of sp³-hybridized carbons (Fsp3) is 0.474. The zero-order valence-corrected chi connectivity index (χ0v) is 16.6. The number of carbonyl (C=O) groups is 1. The lowest BCUT2D eigenvalue weighted by Gasteiger charge is -2.24. The van der Waals surface area contributed by atoms with Crippen molar-refractivity contribution in [2.45, 2.75) is 13.5 Å². The average molecular weight is 362 g/mol. The minimum absolute atomic E-state index is 0.0569. The minimum atomic E-state index is -0.0569. The summed E-state index contributed by atoms with van der Waals surface area (Å²) in [7, 11) is 8.59. The van der Waals surface area contributed by atoms with Gasteiger partial charge in [-0.05, 0) is 30.2 Å². The number of hydrogen-bond donors (Lipinski definition) is 1. The van der Waals surface area contributed by atoms with Gasteiger partial charge in [-0.3, -0.25) is 4.79 Å². The van der Waals surface area contributed by atoms with E-state index in [9.17, 15) is 4.79 Å². The van der Waals surface area contributed by atoms with Gasteiger partial charge in [-0.25, -0.2) is 4.99 Å².